The van der Waals surface area contributed by atoms with Gasteiger partial charge in [-0.05, 0) is 44.4 Å². The molecule has 1 aromatic heterocycles. The van der Waals surface area contributed by atoms with E-state index in [1.54, 1.807) is 7.11 Å². The lowest BCUT2D eigenvalue weighted by Crippen LogP contribution is -2.38. The van der Waals surface area contributed by atoms with Crippen molar-refractivity contribution >= 4 is 29.9 Å². The van der Waals surface area contributed by atoms with E-state index in [-0.39, 0.29) is 24.0 Å². The van der Waals surface area contributed by atoms with Crippen molar-refractivity contribution in [3.63, 3.8) is 0 Å². The monoisotopic (exact) mass is 473 g/mol. The largest absolute Gasteiger partial charge is 0.496 e. The average molecular weight is 473 g/mol. The van der Waals surface area contributed by atoms with Crippen LogP contribution in [0.2, 0.25) is 0 Å². The number of nitrogens with zero attached hydrogens (tertiary/aromatic N) is 3. The highest BCUT2D eigenvalue weighted by Crippen LogP contribution is 2.18. The molecule has 0 radical (unpaired) electrons. The third-order valence-electron chi connectivity index (χ3n) is 3.69. The topological polar surface area (TPSA) is 84.6 Å². The molecule has 0 atom stereocenters. The van der Waals surface area contributed by atoms with Gasteiger partial charge in [0.05, 0.1) is 13.7 Å². The minimum atomic E-state index is 0. The third kappa shape index (κ3) is 7.19. The van der Waals surface area contributed by atoms with Crippen LogP contribution in [0.4, 0.5) is 0 Å². The van der Waals surface area contributed by atoms with Gasteiger partial charge >= 0.3 is 0 Å². The van der Waals surface area contributed by atoms with E-state index in [2.05, 4.69) is 44.0 Å². The molecule has 1 heterocycles. The van der Waals surface area contributed by atoms with Crippen molar-refractivity contribution in [2.45, 2.75) is 33.6 Å². The van der Waals surface area contributed by atoms with Crippen molar-refractivity contribution in [1.29, 1.82) is 0 Å². The Labute approximate surface area is 172 Å². The normalized spacial score (nSPS) is 11.0. The van der Waals surface area contributed by atoms with Crippen LogP contribution < -0.4 is 15.4 Å². The fraction of sp³-hybridized carbons (Fsp3) is 0.500. The lowest BCUT2D eigenvalue weighted by Gasteiger charge is -2.12. The maximum atomic E-state index is 5.37. The molecule has 0 saturated carbocycles. The lowest BCUT2D eigenvalue weighted by atomic mass is 10.1. The Hall–Kier alpha value is -1.84. The summed E-state index contributed by atoms with van der Waals surface area (Å²) < 4.78 is 10.5. The summed E-state index contributed by atoms with van der Waals surface area (Å²) in [6.45, 7) is 8.09. The fourth-order valence-corrected chi connectivity index (χ4v) is 2.39. The summed E-state index contributed by atoms with van der Waals surface area (Å²) in [6.07, 6.45) is 1.52. The molecule has 0 fully saturated rings. The van der Waals surface area contributed by atoms with Crippen molar-refractivity contribution in [1.82, 2.24) is 20.8 Å². The number of rotatable bonds is 8. The number of guanidine groups is 1. The molecule has 0 aliphatic heterocycles. The maximum absolute atomic E-state index is 5.37. The highest BCUT2D eigenvalue weighted by atomic mass is 127. The average Bonchev–Trinajstić information content (AvgIpc) is 3.01. The molecule has 144 valence electrons. The molecular weight excluding hydrogens is 445 g/mol. The van der Waals surface area contributed by atoms with Crippen LogP contribution in [0.1, 0.15) is 29.8 Å². The zero-order chi connectivity index (χ0) is 18.1. The number of aromatic nitrogens is 2. The Kier molecular flexibility index (Phi) is 10.0. The summed E-state index contributed by atoms with van der Waals surface area (Å²) in [5, 5.41) is 10.4. The van der Waals surface area contributed by atoms with Gasteiger partial charge < -0.3 is 19.9 Å². The molecule has 0 aliphatic rings. The second kappa shape index (κ2) is 11.7. The summed E-state index contributed by atoms with van der Waals surface area (Å²) in [5.74, 6) is 2.98. The van der Waals surface area contributed by atoms with Crippen LogP contribution in [0.25, 0.3) is 0 Å². The fourth-order valence-electron chi connectivity index (χ4n) is 2.39. The summed E-state index contributed by atoms with van der Waals surface area (Å²) in [7, 11) is 1.70. The number of aliphatic imine (C=N–C) groups is 1. The van der Waals surface area contributed by atoms with Gasteiger partial charge in [-0.15, -0.1) is 24.0 Å². The first-order chi connectivity index (χ1) is 12.1. The molecule has 8 heteroatoms. The molecule has 0 spiro atoms. The van der Waals surface area contributed by atoms with Crippen LogP contribution in [0.15, 0.2) is 27.7 Å². The Morgan fingerprint density at radius 2 is 2.04 bits per heavy atom. The Morgan fingerprint density at radius 1 is 1.23 bits per heavy atom. The molecule has 2 N–H and O–H groups in total. The van der Waals surface area contributed by atoms with E-state index in [1.165, 1.54) is 5.56 Å². The van der Waals surface area contributed by atoms with Crippen molar-refractivity contribution in [3.8, 4) is 5.75 Å². The highest BCUT2D eigenvalue weighted by Gasteiger charge is 2.04. The predicted octanol–water partition coefficient (Wildman–Crippen LogP) is 2.65. The van der Waals surface area contributed by atoms with Crippen LogP contribution >= 0.6 is 24.0 Å². The first-order valence-electron chi connectivity index (χ1n) is 8.57. The standard InChI is InChI=1S/C18H27N5O2.HI/c1-5-19-18(21-11-9-17-22-14(3)23-25-17)20-10-8-15-7-6-13(2)16(12-15)24-4;/h6-7,12H,5,8-11H2,1-4H3,(H2,19,20,21);1H. The van der Waals surface area contributed by atoms with Gasteiger partial charge in [-0.1, -0.05) is 17.3 Å². The highest BCUT2D eigenvalue weighted by molar-refractivity contribution is 14.0. The van der Waals surface area contributed by atoms with Gasteiger partial charge in [-0.25, -0.2) is 0 Å². The van der Waals surface area contributed by atoms with Crippen LogP contribution in [0.5, 0.6) is 5.75 Å². The van der Waals surface area contributed by atoms with Gasteiger partial charge in [-0.2, -0.15) is 4.98 Å². The van der Waals surface area contributed by atoms with E-state index in [1.807, 2.05) is 20.8 Å². The van der Waals surface area contributed by atoms with E-state index in [0.717, 1.165) is 36.8 Å². The molecule has 26 heavy (non-hydrogen) atoms. The Bertz CT molecular complexity index is 703. The molecule has 2 aromatic rings. The third-order valence-corrected chi connectivity index (χ3v) is 3.69. The summed E-state index contributed by atoms with van der Waals surface area (Å²) in [5.41, 5.74) is 2.37. The minimum Gasteiger partial charge on any atom is -0.496 e. The number of aryl methyl sites for hydroxylation is 2. The zero-order valence-electron chi connectivity index (χ0n) is 15.8. The summed E-state index contributed by atoms with van der Waals surface area (Å²) in [6, 6.07) is 6.29. The lowest BCUT2D eigenvalue weighted by molar-refractivity contribution is 0.376. The van der Waals surface area contributed by atoms with Gasteiger partial charge in [0, 0.05) is 19.5 Å². The smallest absolute Gasteiger partial charge is 0.228 e. The number of hydrogen-bond donors (Lipinski definition) is 2. The molecule has 0 amide bonds. The SMILES string of the molecule is CCNC(=NCCc1nc(C)no1)NCCc1ccc(C)c(OC)c1.I. The molecule has 0 saturated heterocycles. The second-order valence-electron chi connectivity index (χ2n) is 5.73. The quantitative estimate of drug-likeness (QED) is 0.349. The van der Waals surface area contributed by atoms with Crippen LogP contribution in [0, 0.1) is 13.8 Å². The van der Waals surface area contributed by atoms with Gasteiger partial charge in [0.1, 0.15) is 5.75 Å². The Balaban J connectivity index is 0.00000338. The van der Waals surface area contributed by atoms with Crippen LogP contribution in [-0.2, 0) is 12.8 Å². The molecular formula is C18H28IN5O2. The van der Waals surface area contributed by atoms with Gasteiger partial charge in [-0.3, -0.25) is 4.99 Å². The first-order valence-corrected chi connectivity index (χ1v) is 8.57. The van der Waals surface area contributed by atoms with Gasteiger partial charge in [0.25, 0.3) is 0 Å². The maximum Gasteiger partial charge on any atom is 0.228 e. The number of benzene rings is 1. The zero-order valence-corrected chi connectivity index (χ0v) is 18.2. The number of nitrogens with one attached hydrogen (secondary N) is 2. The molecule has 1 aromatic carbocycles. The van der Waals surface area contributed by atoms with E-state index in [4.69, 9.17) is 9.26 Å². The summed E-state index contributed by atoms with van der Waals surface area (Å²) in [4.78, 5) is 8.72. The van der Waals surface area contributed by atoms with Crippen molar-refractivity contribution in [3.05, 3.63) is 41.0 Å². The molecule has 0 unspecified atom stereocenters. The number of ether oxygens (including phenoxy) is 1. The number of methoxy groups -OCH3 is 1. The van der Waals surface area contributed by atoms with E-state index < -0.39 is 0 Å². The van der Waals surface area contributed by atoms with Crippen molar-refractivity contribution < 1.29 is 9.26 Å². The summed E-state index contributed by atoms with van der Waals surface area (Å²) >= 11 is 0. The molecule has 0 bridgehead atoms. The number of halogens is 1. The second-order valence-corrected chi connectivity index (χ2v) is 5.73. The van der Waals surface area contributed by atoms with E-state index >= 15 is 0 Å². The van der Waals surface area contributed by atoms with Crippen LogP contribution in [-0.4, -0.2) is 42.8 Å². The molecule has 7 nitrogen and oxygen atoms in total. The molecule has 0 aliphatic carbocycles. The van der Waals surface area contributed by atoms with E-state index in [9.17, 15) is 0 Å². The minimum absolute atomic E-state index is 0. The van der Waals surface area contributed by atoms with Crippen LogP contribution in [0.3, 0.4) is 0 Å². The van der Waals surface area contributed by atoms with Crippen molar-refractivity contribution in [2.24, 2.45) is 4.99 Å². The Morgan fingerprint density at radius 3 is 2.69 bits per heavy atom. The number of hydrogen-bond acceptors (Lipinski definition) is 5. The van der Waals surface area contributed by atoms with Crippen molar-refractivity contribution in [2.75, 3.05) is 26.7 Å². The van der Waals surface area contributed by atoms with Gasteiger partial charge in [0.2, 0.25) is 5.89 Å². The first kappa shape index (κ1) is 22.2. The predicted molar refractivity (Wildman–Crippen MR) is 114 cm³/mol. The van der Waals surface area contributed by atoms with Gasteiger partial charge in [0.15, 0.2) is 11.8 Å². The van der Waals surface area contributed by atoms with E-state index in [0.29, 0.717) is 24.7 Å². The molecule has 2 rings (SSSR count).